The van der Waals surface area contributed by atoms with Crippen LogP contribution in [0.25, 0.3) is 0 Å². The van der Waals surface area contributed by atoms with Gasteiger partial charge < -0.3 is 14.4 Å². The van der Waals surface area contributed by atoms with Gasteiger partial charge in [0.2, 0.25) is 0 Å². The summed E-state index contributed by atoms with van der Waals surface area (Å²) in [6, 6.07) is 7.53. The minimum absolute atomic E-state index is 0.209. The van der Waals surface area contributed by atoms with Gasteiger partial charge in [-0.25, -0.2) is 5.09 Å². The van der Waals surface area contributed by atoms with Gasteiger partial charge >= 0.3 is 13.5 Å². The van der Waals surface area contributed by atoms with E-state index in [1.807, 2.05) is 0 Å². The summed E-state index contributed by atoms with van der Waals surface area (Å²) in [5.41, 5.74) is 0. The fourth-order valence-electron chi connectivity index (χ4n) is 1.26. The van der Waals surface area contributed by atoms with E-state index in [0.29, 0.717) is 5.75 Å². The number of carboxylic acid groups (broad SMARTS) is 1. The zero-order chi connectivity index (χ0) is 13.6. The van der Waals surface area contributed by atoms with E-state index < -0.39 is 19.5 Å². The Kier molecular flexibility index (Phi) is 5.34. The van der Waals surface area contributed by atoms with Gasteiger partial charge in [0.15, 0.2) is 0 Å². The van der Waals surface area contributed by atoms with Crippen molar-refractivity contribution < 1.29 is 23.7 Å². The molecular formula is C11H16NO5P. The largest absolute Gasteiger partial charge is 0.480 e. The van der Waals surface area contributed by atoms with Crippen molar-refractivity contribution >= 4 is 13.5 Å². The molecule has 6 nitrogen and oxygen atoms in total. The van der Waals surface area contributed by atoms with Crippen LogP contribution in [0.5, 0.6) is 5.75 Å². The average molecular weight is 273 g/mol. The van der Waals surface area contributed by atoms with Gasteiger partial charge in [0.25, 0.3) is 0 Å². The molecule has 0 aliphatic carbocycles. The SMILES string of the molecule is COCP(=O)(N[C@@H](C)C(=O)O)Oc1ccccc1. The predicted octanol–water partition coefficient (Wildman–Crippen LogP) is 1.93. The van der Waals surface area contributed by atoms with E-state index in [0.717, 1.165) is 0 Å². The molecule has 0 radical (unpaired) electrons. The Hall–Kier alpha value is -1.36. The summed E-state index contributed by atoms with van der Waals surface area (Å²) in [5, 5.41) is 11.3. The Morgan fingerprint density at radius 2 is 2.06 bits per heavy atom. The number of carboxylic acids is 1. The highest BCUT2D eigenvalue weighted by atomic mass is 31.2. The van der Waals surface area contributed by atoms with Gasteiger partial charge in [-0.15, -0.1) is 0 Å². The summed E-state index contributed by atoms with van der Waals surface area (Å²) >= 11 is 0. The van der Waals surface area contributed by atoms with Gasteiger partial charge in [-0.1, -0.05) is 18.2 Å². The van der Waals surface area contributed by atoms with Crippen molar-refractivity contribution in [3.63, 3.8) is 0 Å². The number of methoxy groups -OCH3 is 1. The third-order valence-electron chi connectivity index (χ3n) is 2.06. The van der Waals surface area contributed by atoms with Crippen LogP contribution in [-0.4, -0.2) is 30.6 Å². The molecular weight excluding hydrogens is 257 g/mol. The van der Waals surface area contributed by atoms with Crippen LogP contribution < -0.4 is 9.61 Å². The maximum atomic E-state index is 12.4. The second kappa shape index (κ2) is 6.54. The molecule has 0 bridgehead atoms. The number of ether oxygens (including phenoxy) is 1. The zero-order valence-electron chi connectivity index (χ0n) is 10.2. The van der Waals surface area contributed by atoms with Gasteiger partial charge in [-0.05, 0) is 19.1 Å². The van der Waals surface area contributed by atoms with Crippen LogP contribution in [0, 0.1) is 0 Å². The van der Waals surface area contributed by atoms with E-state index in [4.69, 9.17) is 14.4 Å². The standard InChI is InChI=1S/C11H16NO5P/c1-9(11(13)14)12-18(15,8-16-2)17-10-6-4-3-5-7-10/h3-7,9H,8H2,1-2H3,(H,12,15)(H,13,14)/t9-,18?/m0/s1. The maximum absolute atomic E-state index is 12.4. The second-order valence-electron chi connectivity index (χ2n) is 3.68. The molecule has 100 valence electrons. The summed E-state index contributed by atoms with van der Waals surface area (Å²) in [6.45, 7) is 1.39. The molecule has 1 unspecified atom stereocenters. The molecule has 1 aromatic rings. The zero-order valence-corrected chi connectivity index (χ0v) is 11.1. The Labute approximate surface area is 105 Å². The fraction of sp³-hybridized carbons (Fsp3) is 0.364. The van der Waals surface area contributed by atoms with Crippen LogP contribution in [0.1, 0.15) is 6.92 Å². The van der Waals surface area contributed by atoms with Crippen LogP contribution in [0.15, 0.2) is 30.3 Å². The highest BCUT2D eigenvalue weighted by Gasteiger charge is 2.29. The average Bonchev–Trinajstić information content (AvgIpc) is 2.29. The Bertz CT molecular complexity index is 436. The Balaban J connectivity index is 2.80. The van der Waals surface area contributed by atoms with E-state index in [2.05, 4.69) is 5.09 Å². The first-order chi connectivity index (χ1) is 8.47. The van der Waals surface area contributed by atoms with E-state index in [1.54, 1.807) is 30.3 Å². The molecule has 2 N–H and O–H groups in total. The van der Waals surface area contributed by atoms with Crippen molar-refractivity contribution in [3.05, 3.63) is 30.3 Å². The third-order valence-corrected chi connectivity index (χ3v) is 3.94. The number of aliphatic carboxylic acids is 1. The Morgan fingerprint density at radius 3 is 2.56 bits per heavy atom. The first-order valence-corrected chi connectivity index (χ1v) is 7.11. The third kappa shape index (κ3) is 4.49. The minimum atomic E-state index is -3.40. The molecule has 1 rings (SSSR count). The van der Waals surface area contributed by atoms with E-state index in [1.165, 1.54) is 14.0 Å². The lowest BCUT2D eigenvalue weighted by molar-refractivity contribution is -0.138. The van der Waals surface area contributed by atoms with Crippen molar-refractivity contribution in [1.29, 1.82) is 0 Å². The van der Waals surface area contributed by atoms with Crippen molar-refractivity contribution in [2.75, 3.05) is 13.5 Å². The van der Waals surface area contributed by atoms with Crippen molar-refractivity contribution in [3.8, 4) is 5.75 Å². The van der Waals surface area contributed by atoms with E-state index in [9.17, 15) is 9.36 Å². The van der Waals surface area contributed by atoms with Crippen LogP contribution >= 0.6 is 7.52 Å². The molecule has 0 saturated heterocycles. The molecule has 0 heterocycles. The fourth-order valence-corrected chi connectivity index (χ4v) is 2.94. The molecule has 1 aromatic carbocycles. The predicted molar refractivity (Wildman–Crippen MR) is 66.8 cm³/mol. The Morgan fingerprint density at radius 1 is 1.44 bits per heavy atom. The van der Waals surface area contributed by atoms with E-state index in [-0.39, 0.29) is 6.35 Å². The number of hydrogen-bond acceptors (Lipinski definition) is 4. The normalized spacial score (nSPS) is 15.7. The maximum Gasteiger partial charge on any atom is 0.342 e. The molecule has 0 aromatic heterocycles. The van der Waals surface area contributed by atoms with Gasteiger partial charge in [0, 0.05) is 7.11 Å². The molecule has 2 atom stereocenters. The highest BCUT2D eigenvalue weighted by molar-refractivity contribution is 7.57. The summed E-state index contributed by atoms with van der Waals surface area (Å²) in [7, 11) is -2.04. The first kappa shape index (κ1) is 14.7. The van der Waals surface area contributed by atoms with Crippen molar-refractivity contribution in [2.24, 2.45) is 0 Å². The van der Waals surface area contributed by atoms with E-state index >= 15 is 0 Å². The van der Waals surface area contributed by atoms with Gasteiger partial charge in [-0.2, -0.15) is 0 Å². The minimum Gasteiger partial charge on any atom is -0.480 e. The summed E-state index contributed by atoms with van der Waals surface area (Å²) in [6.07, 6.45) is -0.209. The molecule has 0 saturated carbocycles. The summed E-state index contributed by atoms with van der Waals surface area (Å²) in [5.74, 6) is -0.717. The smallest absolute Gasteiger partial charge is 0.342 e. The number of benzene rings is 1. The van der Waals surface area contributed by atoms with Crippen LogP contribution in [0.4, 0.5) is 0 Å². The summed E-state index contributed by atoms with van der Waals surface area (Å²) in [4.78, 5) is 10.8. The lowest BCUT2D eigenvalue weighted by atomic mass is 10.3. The monoisotopic (exact) mass is 273 g/mol. The van der Waals surface area contributed by atoms with Crippen LogP contribution in [-0.2, 0) is 14.1 Å². The van der Waals surface area contributed by atoms with Crippen molar-refractivity contribution in [1.82, 2.24) is 5.09 Å². The van der Waals surface area contributed by atoms with Gasteiger partial charge in [-0.3, -0.25) is 9.36 Å². The lowest BCUT2D eigenvalue weighted by Gasteiger charge is -2.21. The molecule has 0 aliphatic rings. The van der Waals surface area contributed by atoms with Gasteiger partial charge in [0.05, 0.1) is 0 Å². The lowest BCUT2D eigenvalue weighted by Crippen LogP contribution is -2.33. The number of nitrogens with one attached hydrogen (secondary N) is 1. The number of hydrogen-bond donors (Lipinski definition) is 2. The van der Waals surface area contributed by atoms with Crippen LogP contribution in [0.3, 0.4) is 0 Å². The molecule has 0 fully saturated rings. The number of rotatable bonds is 7. The van der Waals surface area contributed by atoms with Crippen LogP contribution in [0.2, 0.25) is 0 Å². The number of para-hydroxylation sites is 1. The summed E-state index contributed by atoms with van der Waals surface area (Å²) < 4.78 is 22.5. The van der Waals surface area contributed by atoms with Gasteiger partial charge in [0.1, 0.15) is 18.1 Å². The molecule has 0 amide bonds. The topological polar surface area (TPSA) is 84.9 Å². The molecule has 18 heavy (non-hydrogen) atoms. The number of carbonyl (C=O) groups is 1. The first-order valence-electron chi connectivity index (χ1n) is 5.30. The molecule has 7 heteroatoms. The molecule has 0 aliphatic heterocycles. The van der Waals surface area contributed by atoms with Crippen molar-refractivity contribution in [2.45, 2.75) is 13.0 Å². The quantitative estimate of drug-likeness (QED) is 0.738. The highest BCUT2D eigenvalue weighted by Crippen LogP contribution is 2.43. The molecule has 0 spiro atoms. The second-order valence-corrected chi connectivity index (χ2v) is 5.73.